The quantitative estimate of drug-likeness (QED) is 0.898. The Bertz CT molecular complexity index is 686. The van der Waals surface area contributed by atoms with Crippen molar-refractivity contribution >= 4 is 33.2 Å². The molecule has 3 rings (SSSR count). The topological polar surface area (TPSA) is 41.6 Å². The lowest BCUT2D eigenvalue weighted by molar-refractivity contribution is 0.212. The van der Waals surface area contributed by atoms with E-state index in [1.807, 2.05) is 35.4 Å². The maximum Gasteiger partial charge on any atom is 0.192 e. The van der Waals surface area contributed by atoms with Gasteiger partial charge in [-0.1, -0.05) is 22.0 Å². The summed E-state index contributed by atoms with van der Waals surface area (Å²) in [5.41, 5.74) is 6.08. The van der Waals surface area contributed by atoms with E-state index in [0.29, 0.717) is 24.6 Å². The van der Waals surface area contributed by atoms with Gasteiger partial charge in [0.05, 0.1) is 18.6 Å². The van der Waals surface area contributed by atoms with Gasteiger partial charge < -0.3 is 10.6 Å². The van der Waals surface area contributed by atoms with Crippen molar-refractivity contribution in [2.24, 2.45) is 10.7 Å². The minimum Gasteiger partial charge on any atom is -0.370 e. The van der Waals surface area contributed by atoms with Crippen LogP contribution in [-0.4, -0.2) is 17.4 Å². The van der Waals surface area contributed by atoms with Crippen molar-refractivity contribution in [3.63, 3.8) is 0 Å². The Morgan fingerprint density at radius 3 is 3.00 bits per heavy atom. The minimum absolute atomic E-state index is 0.234. The molecule has 0 radical (unpaired) electrons. The molecule has 21 heavy (non-hydrogen) atoms. The van der Waals surface area contributed by atoms with Gasteiger partial charge in [-0.2, -0.15) is 0 Å². The molecule has 0 saturated heterocycles. The van der Waals surface area contributed by atoms with Crippen LogP contribution in [-0.2, 0) is 12.1 Å². The average molecular weight is 368 g/mol. The Labute approximate surface area is 135 Å². The van der Waals surface area contributed by atoms with E-state index in [-0.39, 0.29) is 5.82 Å². The van der Waals surface area contributed by atoms with Crippen molar-refractivity contribution in [1.82, 2.24) is 4.90 Å². The Kier molecular flexibility index (Phi) is 3.75. The number of hydrogen-bond donors (Lipinski definition) is 1. The molecule has 110 valence electrons. The first kappa shape index (κ1) is 14.5. The number of nitrogens with zero attached hydrogens (tertiary/aromatic N) is 2. The second-order valence-corrected chi connectivity index (χ2v) is 7.19. The summed E-state index contributed by atoms with van der Waals surface area (Å²) >= 11 is 5.07. The standard InChI is InChI=1S/C15H15BrFN3S/c1-15(12-7-10(16)4-5-13(12)17)9-19-14(18)20(15)8-11-3-2-6-21-11/h2-7H,8-9H2,1H3,(H2,18,19). The summed E-state index contributed by atoms with van der Waals surface area (Å²) in [5.74, 6) is 0.229. The van der Waals surface area contributed by atoms with E-state index in [9.17, 15) is 4.39 Å². The van der Waals surface area contributed by atoms with Gasteiger partial charge in [-0.25, -0.2) is 4.39 Å². The first-order valence-corrected chi connectivity index (χ1v) is 8.23. The SMILES string of the molecule is CC1(c2cc(Br)ccc2F)CN=C(N)N1Cc1cccs1. The van der Waals surface area contributed by atoms with Gasteiger partial charge in [-0.15, -0.1) is 11.3 Å². The minimum atomic E-state index is -0.568. The fraction of sp³-hybridized carbons (Fsp3) is 0.267. The van der Waals surface area contributed by atoms with Crippen LogP contribution in [0, 0.1) is 5.82 Å². The number of benzene rings is 1. The molecule has 0 fully saturated rings. The molecule has 1 aromatic carbocycles. The third-order valence-corrected chi connectivity index (χ3v) is 5.18. The Balaban J connectivity index is 2.00. The summed E-state index contributed by atoms with van der Waals surface area (Å²) in [6.45, 7) is 3.07. The molecule has 1 atom stereocenters. The van der Waals surface area contributed by atoms with Crippen LogP contribution in [0.1, 0.15) is 17.4 Å². The molecular weight excluding hydrogens is 353 g/mol. The molecule has 1 unspecified atom stereocenters. The number of guanidine groups is 1. The summed E-state index contributed by atoms with van der Waals surface area (Å²) in [7, 11) is 0. The van der Waals surface area contributed by atoms with E-state index in [2.05, 4.69) is 20.9 Å². The zero-order valence-corrected chi connectivity index (χ0v) is 13.9. The lowest BCUT2D eigenvalue weighted by Gasteiger charge is -2.36. The van der Waals surface area contributed by atoms with E-state index in [1.165, 1.54) is 10.9 Å². The summed E-state index contributed by atoms with van der Waals surface area (Å²) in [6.07, 6.45) is 0. The molecule has 3 nitrogen and oxygen atoms in total. The fourth-order valence-corrected chi connectivity index (χ4v) is 3.67. The van der Waals surface area contributed by atoms with Crippen LogP contribution >= 0.6 is 27.3 Å². The smallest absolute Gasteiger partial charge is 0.192 e. The highest BCUT2D eigenvalue weighted by Crippen LogP contribution is 2.37. The van der Waals surface area contributed by atoms with Crippen LogP contribution in [0.3, 0.4) is 0 Å². The third-order valence-electron chi connectivity index (χ3n) is 3.82. The number of aliphatic imine (C=N–C) groups is 1. The molecule has 6 heteroatoms. The van der Waals surface area contributed by atoms with Crippen molar-refractivity contribution in [3.05, 3.63) is 56.4 Å². The van der Waals surface area contributed by atoms with Crippen molar-refractivity contribution < 1.29 is 4.39 Å². The molecule has 1 aliphatic rings. The number of thiophene rings is 1. The maximum absolute atomic E-state index is 14.3. The number of nitrogens with two attached hydrogens (primary N) is 1. The van der Waals surface area contributed by atoms with E-state index < -0.39 is 5.54 Å². The molecular formula is C15H15BrFN3S. The number of rotatable bonds is 3. The van der Waals surface area contributed by atoms with Gasteiger partial charge in [0.15, 0.2) is 5.96 Å². The van der Waals surface area contributed by atoms with Gasteiger partial charge in [0.2, 0.25) is 0 Å². The summed E-state index contributed by atoms with van der Waals surface area (Å²) in [4.78, 5) is 7.49. The predicted molar refractivity (Wildman–Crippen MR) is 87.8 cm³/mol. The van der Waals surface area contributed by atoms with Gasteiger partial charge in [0.1, 0.15) is 5.82 Å². The van der Waals surface area contributed by atoms with Crippen molar-refractivity contribution in [1.29, 1.82) is 0 Å². The molecule has 0 spiro atoms. The molecule has 0 saturated carbocycles. The highest BCUT2D eigenvalue weighted by Gasteiger charge is 2.41. The van der Waals surface area contributed by atoms with Crippen LogP contribution in [0.5, 0.6) is 0 Å². The summed E-state index contributed by atoms with van der Waals surface area (Å²) < 4.78 is 15.2. The lowest BCUT2D eigenvalue weighted by Crippen LogP contribution is -2.47. The van der Waals surface area contributed by atoms with Crippen molar-refractivity contribution in [2.75, 3.05) is 6.54 Å². The van der Waals surface area contributed by atoms with Crippen LogP contribution in [0.4, 0.5) is 4.39 Å². The number of hydrogen-bond acceptors (Lipinski definition) is 4. The molecule has 0 aliphatic carbocycles. The Hall–Kier alpha value is -1.40. The molecule has 0 bridgehead atoms. The van der Waals surface area contributed by atoms with Crippen LogP contribution in [0.25, 0.3) is 0 Å². The normalized spacial score (nSPS) is 21.7. The molecule has 0 amide bonds. The van der Waals surface area contributed by atoms with Gasteiger partial charge >= 0.3 is 0 Å². The average Bonchev–Trinajstić information content (AvgIpc) is 3.06. The zero-order valence-electron chi connectivity index (χ0n) is 11.5. The monoisotopic (exact) mass is 367 g/mol. The zero-order chi connectivity index (χ0) is 15.0. The third kappa shape index (κ3) is 2.58. The van der Waals surface area contributed by atoms with Gasteiger partial charge in [0, 0.05) is 14.9 Å². The second-order valence-electron chi connectivity index (χ2n) is 5.24. The van der Waals surface area contributed by atoms with Crippen LogP contribution < -0.4 is 5.73 Å². The maximum atomic E-state index is 14.3. The van der Waals surface area contributed by atoms with E-state index in [4.69, 9.17) is 5.73 Å². The number of halogens is 2. The van der Waals surface area contributed by atoms with Gasteiger partial charge in [0.25, 0.3) is 0 Å². The fourth-order valence-electron chi connectivity index (χ4n) is 2.61. The highest BCUT2D eigenvalue weighted by molar-refractivity contribution is 9.10. The van der Waals surface area contributed by atoms with Gasteiger partial charge in [-0.05, 0) is 36.6 Å². The van der Waals surface area contributed by atoms with E-state index in [0.717, 1.165) is 4.47 Å². The molecule has 2 N–H and O–H groups in total. The molecule has 1 aromatic heterocycles. The summed E-state index contributed by atoms with van der Waals surface area (Å²) in [5, 5.41) is 2.02. The molecule has 2 aromatic rings. The van der Waals surface area contributed by atoms with Crippen molar-refractivity contribution in [3.8, 4) is 0 Å². The second kappa shape index (κ2) is 5.42. The Morgan fingerprint density at radius 2 is 2.29 bits per heavy atom. The van der Waals surface area contributed by atoms with E-state index >= 15 is 0 Å². The van der Waals surface area contributed by atoms with Crippen molar-refractivity contribution in [2.45, 2.75) is 19.0 Å². The predicted octanol–water partition coefficient (Wildman–Crippen LogP) is 3.70. The van der Waals surface area contributed by atoms with Crippen LogP contribution in [0.15, 0.2) is 45.2 Å². The van der Waals surface area contributed by atoms with Crippen LogP contribution in [0.2, 0.25) is 0 Å². The highest BCUT2D eigenvalue weighted by atomic mass is 79.9. The first-order chi connectivity index (χ1) is 10.0. The summed E-state index contributed by atoms with van der Waals surface area (Å²) in [6, 6.07) is 9.03. The van der Waals surface area contributed by atoms with E-state index in [1.54, 1.807) is 17.4 Å². The lowest BCUT2D eigenvalue weighted by atomic mass is 9.90. The molecule has 1 aliphatic heterocycles. The van der Waals surface area contributed by atoms with Gasteiger partial charge in [-0.3, -0.25) is 4.99 Å². The molecule has 2 heterocycles. The first-order valence-electron chi connectivity index (χ1n) is 6.56. The Morgan fingerprint density at radius 1 is 1.48 bits per heavy atom. The largest absolute Gasteiger partial charge is 0.370 e.